The number of nitrogens with one attached hydrogen (secondary N) is 1. The molecule has 1 aromatic carbocycles. The summed E-state index contributed by atoms with van der Waals surface area (Å²) in [7, 11) is 3.92. The summed E-state index contributed by atoms with van der Waals surface area (Å²) in [6.07, 6.45) is -1.43. The summed E-state index contributed by atoms with van der Waals surface area (Å²) in [6.45, 7) is 4.98. The molecular formula is C18H24F2N4O. The van der Waals surface area contributed by atoms with Crippen LogP contribution in [0.3, 0.4) is 0 Å². The molecule has 5 nitrogen and oxygen atoms in total. The molecule has 25 heavy (non-hydrogen) atoms. The number of anilines is 1. The molecule has 0 saturated heterocycles. The van der Waals surface area contributed by atoms with E-state index in [9.17, 15) is 13.6 Å². The molecule has 0 saturated carbocycles. The first-order valence-corrected chi connectivity index (χ1v) is 8.16. The molecule has 2 rings (SSSR count). The van der Waals surface area contributed by atoms with Gasteiger partial charge in [0.25, 0.3) is 12.3 Å². The van der Waals surface area contributed by atoms with E-state index >= 15 is 0 Å². The number of nitrogens with zero attached hydrogens (tertiary/aromatic N) is 3. The molecule has 0 radical (unpaired) electrons. The van der Waals surface area contributed by atoms with Gasteiger partial charge in [-0.15, -0.1) is 0 Å². The van der Waals surface area contributed by atoms with Crippen LogP contribution in [0, 0.1) is 5.92 Å². The highest BCUT2D eigenvalue weighted by Gasteiger charge is 2.22. The number of rotatable bonds is 7. The van der Waals surface area contributed by atoms with Crippen molar-refractivity contribution in [2.75, 3.05) is 19.4 Å². The minimum absolute atomic E-state index is 0.0537. The maximum Gasteiger partial charge on any atom is 0.282 e. The van der Waals surface area contributed by atoms with Gasteiger partial charge in [-0.05, 0) is 37.7 Å². The minimum atomic E-state index is -2.71. The van der Waals surface area contributed by atoms with E-state index in [1.54, 1.807) is 12.1 Å². The van der Waals surface area contributed by atoms with Crippen molar-refractivity contribution in [3.8, 4) is 0 Å². The van der Waals surface area contributed by atoms with E-state index in [2.05, 4.69) is 10.4 Å². The third-order valence-corrected chi connectivity index (χ3v) is 3.59. The van der Waals surface area contributed by atoms with Gasteiger partial charge in [-0.25, -0.2) is 8.78 Å². The molecule has 0 fully saturated rings. The van der Waals surface area contributed by atoms with Crippen LogP contribution < -0.4 is 5.32 Å². The number of aromatic nitrogens is 2. The van der Waals surface area contributed by atoms with E-state index in [-0.39, 0.29) is 17.3 Å². The highest BCUT2D eigenvalue weighted by Crippen LogP contribution is 2.28. The Morgan fingerprint density at radius 1 is 1.24 bits per heavy atom. The van der Waals surface area contributed by atoms with Gasteiger partial charge in [-0.2, -0.15) is 5.10 Å². The van der Waals surface area contributed by atoms with Crippen LogP contribution in [-0.4, -0.2) is 34.7 Å². The zero-order valence-corrected chi connectivity index (χ0v) is 15.0. The molecule has 136 valence electrons. The van der Waals surface area contributed by atoms with Crippen LogP contribution in [0.2, 0.25) is 0 Å². The first kappa shape index (κ1) is 19.1. The number of hydrogen-bond acceptors (Lipinski definition) is 3. The first-order chi connectivity index (χ1) is 11.8. The van der Waals surface area contributed by atoms with Crippen molar-refractivity contribution in [2.24, 2.45) is 5.92 Å². The van der Waals surface area contributed by atoms with Gasteiger partial charge < -0.3 is 10.2 Å². The topological polar surface area (TPSA) is 50.2 Å². The largest absolute Gasteiger partial charge is 0.319 e. The summed E-state index contributed by atoms with van der Waals surface area (Å²) in [5, 5.41) is 6.54. The predicted octanol–water partition coefficient (Wildman–Crippen LogP) is 3.79. The van der Waals surface area contributed by atoms with Crippen molar-refractivity contribution in [3.63, 3.8) is 0 Å². The van der Waals surface area contributed by atoms with Gasteiger partial charge >= 0.3 is 0 Å². The fraction of sp³-hybridized carbons (Fsp3) is 0.444. The Kier molecular flexibility index (Phi) is 6.25. The summed E-state index contributed by atoms with van der Waals surface area (Å²) >= 11 is 0. The number of carbonyl (C=O) groups excluding carboxylic acids is 1. The average molecular weight is 350 g/mol. The van der Waals surface area contributed by atoms with Crippen LogP contribution in [-0.2, 0) is 13.1 Å². The maximum absolute atomic E-state index is 13.4. The van der Waals surface area contributed by atoms with Gasteiger partial charge in [0.15, 0.2) is 0 Å². The van der Waals surface area contributed by atoms with Gasteiger partial charge in [-0.3, -0.25) is 9.48 Å². The summed E-state index contributed by atoms with van der Waals surface area (Å²) in [5.74, 6) is -0.257. The fourth-order valence-electron chi connectivity index (χ4n) is 2.53. The maximum atomic E-state index is 13.4. The molecule has 1 amide bonds. The Morgan fingerprint density at radius 3 is 2.40 bits per heavy atom. The van der Waals surface area contributed by atoms with E-state index in [1.807, 2.05) is 45.0 Å². The second-order valence-corrected chi connectivity index (χ2v) is 6.71. The molecule has 1 heterocycles. The Labute approximate surface area is 146 Å². The zero-order valence-electron chi connectivity index (χ0n) is 15.0. The number of hydrogen-bond donors (Lipinski definition) is 1. The summed E-state index contributed by atoms with van der Waals surface area (Å²) in [6, 6.07) is 7.08. The Balaban J connectivity index is 2.16. The molecule has 0 aliphatic carbocycles. The lowest BCUT2D eigenvalue weighted by Crippen LogP contribution is -2.15. The van der Waals surface area contributed by atoms with Crippen molar-refractivity contribution in [1.29, 1.82) is 0 Å². The standard InChI is InChI=1S/C18H24F2N4O/c1-12(2)10-24-16(17(19)20)15(9-21-24)22-18(25)14-7-5-13(6-8-14)11-23(3)4/h5-9,12,17H,10-11H2,1-4H3,(H,22,25). The van der Waals surface area contributed by atoms with E-state index in [4.69, 9.17) is 0 Å². The summed E-state index contributed by atoms with van der Waals surface area (Å²) in [5.41, 5.74) is 1.28. The van der Waals surface area contributed by atoms with Gasteiger partial charge in [0.2, 0.25) is 0 Å². The van der Waals surface area contributed by atoms with Crippen LogP contribution in [0.25, 0.3) is 0 Å². The van der Waals surface area contributed by atoms with Crippen LogP contribution in [0.1, 0.15) is 41.9 Å². The van der Waals surface area contributed by atoms with Crippen molar-refractivity contribution >= 4 is 11.6 Å². The molecular weight excluding hydrogens is 326 g/mol. The van der Waals surface area contributed by atoms with E-state index in [0.29, 0.717) is 12.1 Å². The van der Waals surface area contributed by atoms with Gasteiger partial charge in [0.05, 0.1) is 11.9 Å². The Hall–Kier alpha value is -2.28. The average Bonchev–Trinajstić information content (AvgIpc) is 2.89. The predicted molar refractivity (Wildman–Crippen MR) is 93.8 cm³/mol. The van der Waals surface area contributed by atoms with E-state index in [0.717, 1.165) is 12.1 Å². The third kappa shape index (κ3) is 5.09. The molecule has 0 unspecified atom stereocenters. The normalized spacial score (nSPS) is 11.6. The van der Waals surface area contributed by atoms with Crippen LogP contribution in [0.4, 0.5) is 14.5 Å². The van der Waals surface area contributed by atoms with Crippen molar-refractivity contribution in [2.45, 2.75) is 33.4 Å². The number of benzene rings is 1. The molecule has 1 N–H and O–H groups in total. The number of halogens is 2. The summed E-state index contributed by atoms with van der Waals surface area (Å²) in [4.78, 5) is 14.4. The highest BCUT2D eigenvalue weighted by molar-refractivity contribution is 6.04. The number of amides is 1. The molecule has 0 aliphatic heterocycles. The molecule has 0 aliphatic rings. The lowest BCUT2D eigenvalue weighted by Gasteiger charge is -2.12. The minimum Gasteiger partial charge on any atom is -0.319 e. The van der Waals surface area contributed by atoms with Crippen molar-refractivity contribution < 1.29 is 13.6 Å². The second-order valence-electron chi connectivity index (χ2n) is 6.71. The molecule has 7 heteroatoms. The van der Waals surface area contributed by atoms with E-state index in [1.165, 1.54) is 10.9 Å². The number of carbonyl (C=O) groups is 1. The molecule has 2 aromatic rings. The first-order valence-electron chi connectivity index (χ1n) is 8.16. The number of alkyl halides is 2. The Morgan fingerprint density at radius 2 is 1.88 bits per heavy atom. The molecule has 0 bridgehead atoms. The van der Waals surface area contributed by atoms with E-state index < -0.39 is 12.3 Å². The molecule has 0 atom stereocenters. The van der Waals surface area contributed by atoms with Gasteiger partial charge in [0.1, 0.15) is 5.69 Å². The fourth-order valence-corrected chi connectivity index (χ4v) is 2.53. The van der Waals surface area contributed by atoms with Gasteiger partial charge in [-0.1, -0.05) is 26.0 Å². The lowest BCUT2D eigenvalue weighted by molar-refractivity contribution is 0.102. The van der Waals surface area contributed by atoms with Crippen LogP contribution >= 0.6 is 0 Å². The highest BCUT2D eigenvalue weighted by atomic mass is 19.3. The summed E-state index contributed by atoms with van der Waals surface area (Å²) < 4.78 is 28.0. The monoisotopic (exact) mass is 350 g/mol. The SMILES string of the molecule is CC(C)Cn1ncc(NC(=O)c2ccc(CN(C)C)cc2)c1C(F)F. The quantitative estimate of drug-likeness (QED) is 0.826. The molecule has 1 aromatic heterocycles. The molecule has 0 spiro atoms. The zero-order chi connectivity index (χ0) is 18.6. The van der Waals surface area contributed by atoms with Crippen molar-refractivity contribution in [1.82, 2.24) is 14.7 Å². The van der Waals surface area contributed by atoms with Crippen LogP contribution in [0.15, 0.2) is 30.5 Å². The third-order valence-electron chi connectivity index (χ3n) is 3.59. The van der Waals surface area contributed by atoms with Gasteiger partial charge in [0, 0.05) is 18.7 Å². The van der Waals surface area contributed by atoms with Crippen LogP contribution in [0.5, 0.6) is 0 Å². The second kappa shape index (κ2) is 8.20. The smallest absolute Gasteiger partial charge is 0.282 e. The lowest BCUT2D eigenvalue weighted by atomic mass is 10.1. The Bertz CT molecular complexity index is 708. The van der Waals surface area contributed by atoms with Crippen molar-refractivity contribution in [3.05, 3.63) is 47.3 Å².